The van der Waals surface area contributed by atoms with Gasteiger partial charge < -0.3 is 10.4 Å². The van der Waals surface area contributed by atoms with Gasteiger partial charge in [-0.2, -0.15) is 0 Å². The number of benzene rings is 1. The van der Waals surface area contributed by atoms with Crippen molar-refractivity contribution in [3.8, 4) is 0 Å². The van der Waals surface area contributed by atoms with Crippen molar-refractivity contribution >= 4 is 11.8 Å². The molecule has 0 aliphatic carbocycles. The van der Waals surface area contributed by atoms with E-state index in [-0.39, 0.29) is 12.1 Å². The normalized spacial score (nSPS) is 14.6. The Morgan fingerprint density at radius 3 is 2.65 bits per heavy atom. The molecule has 0 aliphatic heterocycles. The summed E-state index contributed by atoms with van der Waals surface area (Å²) >= 11 is 1.32. The first-order valence-electron chi connectivity index (χ1n) is 5.38. The number of aliphatic hydroxyl groups excluding tert-OH is 1. The first kappa shape index (κ1) is 14.4. The Balaban J connectivity index is 2.51. The zero-order valence-electron chi connectivity index (χ0n) is 9.96. The molecule has 0 saturated heterocycles. The quantitative estimate of drug-likeness (QED) is 0.771. The fourth-order valence-corrected chi connectivity index (χ4v) is 2.40. The van der Waals surface area contributed by atoms with Gasteiger partial charge in [0.25, 0.3) is 0 Å². The lowest BCUT2D eigenvalue weighted by Gasteiger charge is -2.26. The second kappa shape index (κ2) is 6.33. The number of hydrogen-bond donors (Lipinski definition) is 2. The molecule has 0 radical (unpaired) electrons. The molecule has 0 heterocycles. The van der Waals surface area contributed by atoms with Crippen LogP contribution in [0.25, 0.3) is 0 Å². The van der Waals surface area contributed by atoms with Gasteiger partial charge in [-0.3, -0.25) is 0 Å². The van der Waals surface area contributed by atoms with E-state index in [0.29, 0.717) is 17.1 Å². The Bertz CT molecular complexity index is 370. The van der Waals surface area contributed by atoms with Gasteiger partial charge in [0.2, 0.25) is 0 Å². The van der Waals surface area contributed by atoms with Crippen LogP contribution in [0.2, 0.25) is 0 Å². The average molecular weight is 261 g/mol. The molecule has 0 fully saturated rings. The Labute approximate surface area is 104 Å². The predicted octanol–water partition coefficient (Wildman–Crippen LogP) is 2.42. The Hall–Kier alpha value is -0.650. The standard InChI is InChI=1S/C12H17F2NOS/c1-12(8-16,15-2)5-6-17-11-4-3-9(13)7-10(11)14/h3-4,7,15-16H,5-6,8H2,1-2H3. The molecule has 1 atom stereocenters. The molecule has 1 aromatic carbocycles. The van der Waals surface area contributed by atoms with Crippen LogP contribution in [-0.2, 0) is 0 Å². The summed E-state index contributed by atoms with van der Waals surface area (Å²) in [4.78, 5) is 0.433. The fraction of sp³-hybridized carbons (Fsp3) is 0.500. The molecule has 0 bridgehead atoms. The third kappa shape index (κ3) is 4.26. The molecule has 96 valence electrons. The molecule has 1 unspecified atom stereocenters. The first-order chi connectivity index (χ1) is 8.00. The van der Waals surface area contributed by atoms with E-state index in [1.54, 1.807) is 7.05 Å². The van der Waals surface area contributed by atoms with Crippen LogP contribution < -0.4 is 5.32 Å². The zero-order valence-corrected chi connectivity index (χ0v) is 10.8. The smallest absolute Gasteiger partial charge is 0.139 e. The van der Waals surface area contributed by atoms with E-state index in [2.05, 4.69) is 5.32 Å². The van der Waals surface area contributed by atoms with Gasteiger partial charge >= 0.3 is 0 Å². The van der Waals surface area contributed by atoms with Crippen molar-refractivity contribution in [2.24, 2.45) is 0 Å². The van der Waals surface area contributed by atoms with Crippen LogP contribution in [-0.4, -0.2) is 30.1 Å². The highest BCUT2D eigenvalue weighted by Crippen LogP contribution is 2.24. The molecule has 5 heteroatoms. The Kier molecular flexibility index (Phi) is 5.36. The molecule has 2 N–H and O–H groups in total. The molecule has 0 aliphatic rings. The first-order valence-corrected chi connectivity index (χ1v) is 6.37. The molecule has 0 spiro atoms. The van der Waals surface area contributed by atoms with Gasteiger partial charge in [-0.15, -0.1) is 11.8 Å². The SMILES string of the molecule is CNC(C)(CO)CCSc1ccc(F)cc1F. The summed E-state index contributed by atoms with van der Waals surface area (Å²) in [5, 5.41) is 12.2. The minimum atomic E-state index is -0.567. The van der Waals surface area contributed by atoms with E-state index < -0.39 is 11.6 Å². The second-order valence-electron chi connectivity index (χ2n) is 4.14. The van der Waals surface area contributed by atoms with Gasteiger partial charge in [0.1, 0.15) is 11.6 Å². The zero-order chi connectivity index (χ0) is 12.9. The summed E-state index contributed by atoms with van der Waals surface area (Å²) in [6, 6.07) is 3.56. The maximum Gasteiger partial charge on any atom is 0.139 e. The van der Waals surface area contributed by atoms with Crippen LogP contribution in [0.15, 0.2) is 23.1 Å². The molecular formula is C12H17F2NOS. The van der Waals surface area contributed by atoms with Crippen molar-refractivity contribution in [3.63, 3.8) is 0 Å². The fourth-order valence-electron chi connectivity index (χ4n) is 1.26. The number of hydrogen-bond acceptors (Lipinski definition) is 3. The Morgan fingerprint density at radius 2 is 2.12 bits per heavy atom. The van der Waals surface area contributed by atoms with E-state index >= 15 is 0 Å². The van der Waals surface area contributed by atoms with Crippen LogP contribution in [0.3, 0.4) is 0 Å². The van der Waals surface area contributed by atoms with Gasteiger partial charge in [0, 0.05) is 16.5 Å². The highest BCUT2D eigenvalue weighted by Gasteiger charge is 2.20. The lowest BCUT2D eigenvalue weighted by atomic mass is 10.0. The minimum absolute atomic E-state index is 0.0238. The summed E-state index contributed by atoms with van der Waals surface area (Å²) in [5.74, 6) is -0.451. The predicted molar refractivity (Wildman–Crippen MR) is 66.2 cm³/mol. The summed E-state index contributed by atoms with van der Waals surface area (Å²) < 4.78 is 26.0. The van der Waals surface area contributed by atoms with Crippen LogP contribution in [0.1, 0.15) is 13.3 Å². The van der Waals surface area contributed by atoms with E-state index in [1.165, 1.54) is 23.9 Å². The van der Waals surface area contributed by atoms with Crippen molar-refractivity contribution < 1.29 is 13.9 Å². The maximum absolute atomic E-state index is 13.3. The van der Waals surface area contributed by atoms with E-state index in [9.17, 15) is 13.9 Å². The number of halogens is 2. The van der Waals surface area contributed by atoms with Crippen LogP contribution in [0.4, 0.5) is 8.78 Å². The number of nitrogens with one attached hydrogen (secondary N) is 1. The van der Waals surface area contributed by atoms with Gasteiger partial charge in [-0.1, -0.05) is 0 Å². The molecule has 0 saturated carbocycles. The number of likely N-dealkylation sites (N-methyl/N-ethyl adjacent to an activating group) is 1. The summed E-state index contributed by atoms with van der Waals surface area (Å²) in [6.45, 7) is 1.92. The third-order valence-electron chi connectivity index (χ3n) is 2.76. The number of rotatable bonds is 6. The van der Waals surface area contributed by atoms with Crippen LogP contribution in [0, 0.1) is 11.6 Å². The van der Waals surface area contributed by atoms with Crippen molar-refractivity contribution in [3.05, 3.63) is 29.8 Å². The highest BCUT2D eigenvalue weighted by molar-refractivity contribution is 7.99. The monoisotopic (exact) mass is 261 g/mol. The molecule has 1 rings (SSSR count). The van der Waals surface area contributed by atoms with E-state index in [0.717, 1.165) is 6.07 Å². The lowest BCUT2D eigenvalue weighted by molar-refractivity contribution is 0.179. The molecular weight excluding hydrogens is 244 g/mol. The largest absolute Gasteiger partial charge is 0.394 e. The summed E-state index contributed by atoms with van der Waals surface area (Å²) in [5.41, 5.74) is -0.358. The lowest BCUT2D eigenvalue weighted by Crippen LogP contribution is -2.43. The van der Waals surface area contributed by atoms with Crippen molar-refractivity contribution in [1.82, 2.24) is 5.32 Å². The highest BCUT2D eigenvalue weighted by atomic mass is 32.2. The van der Waals surface area contributed by atoms with Crippen molar-refractivity contribution in [2.45, 2.75) is 23.8 Å². The number of aliphatic hydroxyl groups is 1. The van der Waals surface area contributed by atoms with Crippen LogP contribution in [0.5, 0.6) is 0 Å². The minimum Gasteiger partial charge on any atom is -0.394 e. The Morgan fingerprint density at radius 1 is 1.41 bits per heavy atom. The maximum atomic E-state index is 13.3. The number of thioether (sulfide) groups is 1. The third-order valence-corrected chi connectivity index (χ3v) is 3.81. The molecule has 0 aromatic heterocycles. The van der Waals surface area contributed by atoms with Gasteiger partial charge in [-0.05, 0) is 38.3 Å². The second-order valence-corrected chi connectivity index (χ2v) is 5.28. The van der Waals surface area contributed by atoms with Crippen LogP contribution >= 0.6 is 11.8 Å². The van der Waals surface area contributed by atoms with Crippen molar-refractivity contribution in [1.29, 1.82) is 0 Å². The molecule has 0 amide bonds. The molecule has 2 nitrogen and oxygen atoms in total. The van der Waals surface area contributed by atoms with E-state index in [4.69, 9.17) is 0 Å². The van der Waals surface area contributed by atoms with Crippen molar-refractivity contribution in [2.75, 3.05) is 19.4 Å². The van der Waals surface area contributed by atoms with E-state index in [1.807, 2.05) is 6.92 Å². The molecule has 1 aromatic rings. The van der Waals surface area contributed by atoms with Gasteiger partial charge in [0.05, 0.1) is 6.61 Å². The van der Waals surface area contributed by atoms with Gasteiger partial charge in [-0.25, -0.2) is 8.78 Å². The summed E-state index contributed by atoms with van der Waals surface area (Å²) in [7, 11) is 1.78. The summed E-state index contributed by atoms with van der Waals surface area (Å²) in [6.07, 6.45) is 0.696. The van der Waals surface area contributed by atoms with Gasteiger partial charge in [0.15, 0.2) is 0 Å². The molecule has 17 heavy (non-hydrogen) atoms. The topological polar surface area (TPSA) is 32.3 Å². The average Bonchev–Trinajstić information content (AvgIpc) is 2.32.